The highest BCUT2D eigenvalue weighted by Crippen LogP contribution is 2.34. The van der Waals surface area contributed by atoms with E-state index >= 15 is 0 Å². The zero-order valence-electron chi connectivity index (χ0n) is 17.7. The van der Waals surface area contributed by atoms with Gasteiger partial charge in [0.2, 0.25) is 5.91 Å². The van der Waals surface area contributed by atoms with Gasteiger partial charge in [-0.25, -0.2) is 9.18 Å². The van der Waals surface area contributed by atoms with Crippen molar-refractivity contribution < 1.29 is 14.0 Å². The first-order valence-electron chi connectivity index (χ1n) is 10.6. The monoisotopic (exact) mass is 426 g/mol. The van der Waals surface area contributed by atoms with Crippen LogP contribution >= 0.6 is 0 Å². The molecule has 0 spiro atoms. The van der Waals surface area contributed by atoms with Crippen LogP contribution in [0.5, 0.6) is 0 Å². The van der Waals surface area contributed by atoms with Crippen molar-refractivity contribution in [2.45, 2.75) is 38.8 Å². The second kappa shape index (κ2) is 8.53. The zero-order valence-corrected chi connectivity index (χ0v) is 17.7. The molecule has 0 aliphatic carbocycles. The molecule has 0 saturated carbocycles. The molecule has 2 bridgehead atoms. The number of piperidine rings is 1. The molecule has 2 N–H and O–H groups in total. The van der Waals surface area contributed by atoms with E-state index in [4.69, 9.17) is 0 Å². The number of carbonyl (C=O) groups excluding carboxylic acids is 2. The molecule has 3 amide bonds. The van der Waals surface area contributed by atoms with E-state index in [0.717, 1.165) is 12.1 Å². The number of likely N-dealkylation sites (tertiary alicyclic amines) is 1. The quantitative estimate of drug-likeness (QED) is 0.789. The molecule has 8 heteroatoms. The lowest BCUT2D eigenvalue weighted by atomic mass is 9.83. The predicted molar refractivity (Wildman–Crippen MR) is 115 cm³/mol. The third-order valence-corrected chi connectivity index (χ3v) is 6.11. The van der Waals surface area contributed by atoms with Crippen LogP contribution in [0.2, 0.25) is 0 Å². The molecule has 31 heavy (non-hydrogen) atoms. The maximum atomic E-state index is 13.1. The van der Waals surface area contributed by atoms with E-state index in [1.54, 1.807) is 17.0 Å². The van der Waals surface area contributed by atoms with Crippen molar-refractivity contribution in [3.63, 3.8) is 0 Å². The van der Waals surface area contributed by atoms with Crippen LogP contribution in [-0.2, 0) is 11.3 Å². The molecule has 2 aliphatic rings. The van der Waals surface area contributed by atoms with Crippen LogP contribution in [-0.4, -0.2) is 40.5 Å². The number of nitrogens with zero attached hydrogens (tertiary/aromatic N) is 2. The lowest BCUT2D eigenvalue weighted by molar-refractivity contribution is -0.118. The van der Waals surface area contributed by atoms with Crippen LogP contribution < -0.4 is 16.2 Å². The number of halogens is 1. The molecule has 7 nitrogen and oxygen atoms in total. The molecule has 0 unspecified atom stereocenters. The minimum absolute atomic E-state index is 0.00226. The summed E-state index contributed by atoms with van der Waals surface area (Å²) < 4.78 is 14.9. The van der Waals surface area contributed by atoms with E-state index in [1.165, 1.54) is 24.3 Å². The van der Waals surface area contributed by atoms with Crippen LogP contribution in [0.3, 0.4) is 0 Å². The highest BCUT2D eigenvalue weighted by molar-refractivity contribution is 5.97. The summed E-state index contributed by atoms with van der Waals surface area (Å²) in [6.45, 7) is 5.39. The maximum Gasteiger partial charge on any atom is 0.318 e. The number of aromatic nitrogens is 1. The van der Waals surface area contributed by atoms with Crippen molar-refractivity contribution in [3.05, 3.63) is 64.3 Å². The van der Waals surface area contributed by atoms with Gasteiger partial charge < -0.3 is 20.1 Å². The topological polar surface area (TPSA) is 83.4 Å². The highest BCUT2D eigenvalue weighted by atomic mass is 19.1. The predicted octanol–water partition coefficient (Wildman–Crippen LogP) is 2.78. The summed E-state index contributed by atoms with van der Waals surface area (Å²) in [6, 6.07) is 9.79. The molecule has 1 saturated heterocycles. The molecule has 1 fully saturated rings. The Kier molecular flexibility index (Phi) is 5.80. The Hall–Kier alpha value is -3.16. The smallest absolute Gasteiger partial charge is 0.318 e. The average molecular weight is 426 g/mol. The molecule has 164 valence electrons. The van der Waals surface area contributed by atoms with E-state index in [9.17, 15) is 18.8 Å². The van der Waals surface area contributed by atoms with Gasteiger partial charge in [0.05, 0.1) is 0 Å². The molecule has 1 aromatic heterocycles. The van der Waals surface area contributed by atoms with E-state index in [2.05, 4.69) is 10.6 Å². The number of carbonyl (C=O) groups is 2. The third kappa shape index (κ3) is 4.47. The Balaban J connectivity index is 1.44. The van der Waals surface area contributed by atoms with Crippen molar-refractivity contribution in [2.24, 2.45) is 11.8 Å². The summed E-state index contributed by atoms with van der Waals surface area (Å²) in [7, 11) is 0. The Labute approximate surface area is 180 Å². The number of hydrogen-bond acceptors (Lipinski definition) is 3. The van der Waals surface area contributed by atoms with E-state index in [-0.39, 0.29) is 41.1 Å². The van der Waals surface area contributed by atoms with Gasteiger partial charge in [0, 0.05) is 43.0 Å². The van der Waals surface area contributed by atoms with Gasteiger partial charge in [0.25, 0.3) is 5.56 Å². The van der Waals surface area contributed by atoms with Crippen LogP contribution in [0.1, 0.15) is 31.9 Å². The number of hydrogen-bond donors (Lipinski definition) is 2. The molecule has 1 aromatic carbocycles. The minimum atomic E-state index is -0.728. The second-order valence-corrected chi connectivity index (χ2v) is 8.77. The van der Waals surface area contributed by atoms with Crippen LogP contribution in [0.15, 0.2) is 47.3 Å². The molecule has 2 aromatic rings. The summed E-state index contributed by atoms with van der Waals surface area (Å²) in [4.78, 5) is 39.7. The molecular formula is C23H27FN4O3. The molecule has 3 heterocycles. The van der Waals surface area contributed by atoms with Gasteiger partial charge in [-0.3, -0.25) is 9.59 Å². The number of benzene rings is 1. The maximum absolute atomic E-state index is 13.1. The van der Waals surface area contributed by atoms with Crippen LogP contribution in [0, 0.1) is 17.7 Å². The first-order valence-corrected chi connectivity index (χ1v) is 10.6. The van der Waals surface area contributed by atoms with Crippen LogP contribution in [0.25, 0.3) is 0 Å². The number of fused-ring (bicyclic) bond motifs is 4. The fourth-order valence-electron chi connectivity index (χ4n) is 4.57. The van der Waals surface area contributed by atoms with Gasteiger partial charge in [-0.1, -0.05) is 19.9 Å². The summed E-state index contributed by atoms with van der Waals surface area (Å²) in [5, 5.41) is 5.62. The Bertz CT molecular complexity index is 1030. The van der Waals surface area contributed by atoms with E-state index < -0.39 is 6.04 Å². The van der Waals surface area contributed by atoms with E-state index in [1.807, 2.05) is 24.5 Å². The summed E-state index contributed by atoms with van der Waals surface area (Å²) in [6.07, 6.45) is 0.950. The first kappa shape index (κ1) is 21.1. The van der Waals surface area contributed by atoms with Gasteiger partial charge >= 0.3 is 6.03 Å². The molecular weight excluding hydrogens is 399 g/mol. The van der Waals surface area contributed by atoms with Crippen molar-refractivity contribution in [1.82, 2.24) is 14.8 Å². The van der Waals surface area contributed by atoms with Gasteiger partial charge in [-0.15, -0.1) is 0 Å². The summed E-state index contributed by atoms with van der Waals surface area (Å²) >= 11 is 0. The number of pyridine rings is 1. The highest BCUT2D eigenvalue weighted by Gasteiger charge is 2.37. The molecule has 2 aliphatic heterocycles. The Morgan fingerprint density at radius 3 is 2.52 bits per heavy atom. The fraction of sp³-hybridized carbons (Fsp3) is 0.435. The number of anilines is 1. The minimum Gasteiger partial charge on any atom is -0.326 e. The zero-order chi connectivity index (χ0) is 22.1. The molecule has 3 atom stereocenters. The largest absolute Gasteiger partial charge is 0.326 e. The lowest BCUT2D eigenvalue weighted by Gasteiger charge is -2.43. The van der Waals surface area contributed by atoms with Gasteiger partial charge in [-0.2, -0.15) is 0 Å². The number of amides is 3. The number of nitrogens with one attached hydrogen (secondary N) is 2. The summed E-state index contributed by atoms with van der Waals surface area (Å²) in [5.41, 5.74) is 1.44. The SMILES string of the molecule is CC(C)[C@H](NC(=O)N1C[C@@H]2C[C@@H](C1)c1cccc(=O)n1C2)C(=O)Nc1ccc(F)cc1. The standard InChI is InChI=1S/C23H27FN4O3/c1-14(2)21(22(30)25-18-8-6-17(24)7-9-18)26-23(31)27-11-15-10-16(13-27)19-4-3-5-20(29)28(19)12-15/h3-9,14-16,21H,10-13H2,1-2H3,(H,25,30)(H,26,31)/t15-,16-,21-/m0/s1. The Morgan fingerprint density at radius 2 is 1.81 bits per heavy atom. The Morgan fingerprint density at radius 1 is 1.06 bits per heavy atom. The van der Waals surface area contributed by atoms with Crippen molar-refractivity contribution in [2.75, 3.05) is 18.4 Å². The second-order valence-electron chi connectivity index (χ2n) is 8.77. The fourth-order valence-corrected chi connectivity index (χ4v) is 4.57. The number of urea groups is 1. The number of rotatable bonds is 4. The third-order valence-electron chi connectivity index (χ3n) is 6.11. The summed E-state index contributed by atoms with van der Waals surface area (Å²) in [5.74, 6) is -0.538. The van der Waals surface area contributed by atoms with Gasteiger partial charge in [0.15, 0.2) is 0 Å². The molecule has 4 rings (SSSR count). The van der Waals surface area contributed by atoms with Gasteiger partial charge in [0.1, 0.15) is 11.9 Å². The normalized spacial score (nSPS) is 20.7. The van der Waals surface area contributed by atoms with Gasteiger partial charge in [-0.05, 0) is 48.6 Å². The first-order chi connectivity index (χ1) is 14.8. The van der Waals surface area contributed by atoms with Crippen LogP contribution in [0.4, 0.5) is 14.9 Å². The average Bonchev–Trinajstić information content (AvgIpc) is 2.74. The van der Waals surface area contributed by atoms with Crippen molar-refractivity contribution in [1.29, 1.82) is 0 Å². The van der Waals surface area contributed by atoms with Crippen molar-refractivity contribution >= 4 is 17.6 Å². The molecule has 0 radical (unpaired) electrons. The van der Waals surface area contributed by atoms with E-state index in [0.29, 0.717) is 25.3 Å². The van der Waals surface area contributed by atoms with Crippen molar-refractivity contribution in [3.8, 4) is 0 Å². The lowest BCUT2D eigenvalue weighted by Crippen LogP contribution is -2.56.